The lowest BCUT2D eigenvalue weighted by Crippen LogP contribution is -2.61. The summed E-state index contributed by atoms with van der Waals surface area (Å²) in [6.45, 7) is 5.09. The highest BCUT2D eigenvalue weighted by molar-refractivity contribution is 5.72. The minimum absolute atomic E-state index is 0.111. The Bertz CT molecular complexity index is 681. The van der Waals surface area contributed by atoms with Crippen LogP contribution in [0.3, 0.4) is 0 Å². The van der Waals surface area contributed by atoms with E-state index in [0.717, 1.165) is 39.4 Å². The van der Waals surface area contributed by atoms with Gasteiger partial charge in [-0.1, -0.05) is 5.21 Å². The van der Waals surface area contributed by atoms with Gasteiger partial charge in [-0.15, -0.1) is 5.10 Å². The number of halogens is 1. The monoisotopic (exact) mass is 319 g/mol. The molecule has 0 aromatic carbocycles. The Labute approximate surface area is 132 Å². The second kappa shape index (κ2) is 5.74. The molecule has 4 heterocycles. The summed E-state index contributed by atoms with van der Waals surface area (Å²) in [6.07, 6.45) is 3.23. The Hall–Kier alpha value is -2.26. The van der Waals surface area contributed by atoms with Crippen LogP contribution >= 0.6 is 0 Å². The highest BCUT2D eigenvalue weighted by Gasteiger charge is 2.34. The number of hydrogen-bond donors (Lipinski definition) is 1. The Morgan fingerprint density at radius 3 is 2.74 bits per heavy atom. The van der Waals surface area contributed by atoms with Gasteiger partial charge in [0.2, 0.25) is 5.95 Å². The third-order valence-corrected chi connectivity index (χ3v) is 4.38. The van der Waals surface area contributed by atoms with E-state index in [4.69, 9.17) is 10.5 Å². The molecule has 0 spiro atoms. The maximum atomic E-state index is 13.7. The molecule has 2 N–H and O–H groups in total. The first-order chi connectivity index (χ1) is 11.2. The highest BCUT2D eigenvalue weighted by atomic mass is 19.1. The van der Waals surface area contributed by atoms with Gasteiger partial charge in [0.15, 0.2) is 5.82 Å². The normalized spacial score (nSPS) is 19.8. The molecule has 0 unspecified atom stereocenters. The van der Waals surface area contributed by atoms with Crippen LogP contribution in [0.4, 0.5) is 15.9 Å². The van der Waals surface area contributed by atoms with Gasteiger partial charge >= 0.3 is 0 Å². The van der Waals surface area contributed by atoms with Crippen LogP contribution in [0.2, 0.25) is 0 Å². The van der Waals surface area contributed by atoms with Crippen molar-refractivity contribution in [2.45, 2.75) is 6.04 Å². The van der Waals surface area contributed by atoms with Crippen LogP contribution in [0.25, 0.3) is 5.69 Å². The standard InChI is InChI=1S/C14H18FN7O/c15-12-7-11(13(14(16)18-12)22-2-1-17-19-22)21-8-10(9-21)20-3-5-23-6-4-20/h1-2,7,10H,3-6,8-9H2,(H2,16,18). The molecule has 4 rings (SSSR count). The average molecular weight is 319 g/mol. The van der Waals surface area contributed by atoms with Crippen molar-refractivity contribution in [1.82, 2.24) is 24.9 Å². The zero-order valence-corrected chi connectivity index (χ0v) is 12.6. The quantitative estimate of drug-likeness (QED) is 0.791. The van der Waals surface area contributed by atoms with E-state index in [0.29, 0.717) is 17.4 Å². The molecule has 9 heteroatoms. The summed E-state index contributed by atoms with van der Waals surface area (Å²) in [4.78, 5) is 8.22. The second-order valence-corrected chi connectivity index (χ2v) is 5.75. The van der Waals surface area contributed by atoms with Crippen molar-refractivity contribution in [3.63, 3.8) is 0 Å². The fourth-order valence-electron chi connectivity index (χ4n) is 3.14. The number of nitrogens with two attached hydrogens (primary N) is 1. The Morgan fingerprint density at radius 1 is 1.26 bits per heavy atom. The number of hydrogen-bond acceptors (Lipinski definition) is 7. The van der Waals surface area contributed by atoms with E-state index >= 15 is 0 Å². The molecule has 0 aliphatic carbocycles. The fraction of sp³-hybridized carbons (Fsp3) is 0.500. The summed E-state index contributed by atoms with van der Waals surface area (Å²) in [5.74, 6) is -0.475. The van der Waals surface area contributed by atoms with Gasteiger partial charge in [0, 0.05) is 38.3 Å². The van der Waals surface area contributed by atoms with Gasteiger partial charge in [-0.25, -0.2) is 9.67 Å². The first kappa shape index (κ1) is 14.3. The number of aromatic nitrogens is 4. The summed E-state index contributed by atoms with van der Waals surface area (Å²) >= 11 is 0. The first-order valence-corrected chi connectivity index (χ1v) is 7.62. The van der Waals surface area contributed by atoms with E-state index in [-0.39, 0.29) is 5.82 Å². The summed E-state index contributed by atoms with van der Waals surface area (Å²) in [5.41, 5.74) is 7.19. The average Bonchev–Trinajstić information content (AvgIpc) is 3.00. The molecule has 2 aliphatic heterocycles. The lowest BCUT2D eigenvalue weighted by molar-refractivity contribution is 0.0105. The van der Waals surface area contributed by atoms with E-state index in [9.17, 15) is 4.39 Å². The van der Waals surface area contributed by atoms with E-state index < -0.39 is 5.95 Å². The number of pyridine rings is 1. The second-order valence-electron chi connectivity index (χ2n) is 5.75. The van der Waals surface area contributed by atoms with E-state index in [1.54, 1.807) is 12.4 Å². The third-order valence-electron chi connectivity index (χ3n) is 4.38. The highest BCUT2D eigenvalue weighted by Crippen LogP contribution is 2.33. The first-order valence-electron chi connectivity index (χ1n) is 7.62. The third kappa shape index (κ3) is 2.62. The molecule has 8 nitrogen and oxygen atoms in total. The molecule has 2 saturated heterocycles. The molecular formula is C14H18FN7O. The van der Waals surface area contributed by atoms with Gasteiger partial charge < -0.3 is 15.4 Å². The Kier molecular flexibility index (Phi) is 3.58. The maximum absolute atomic E-state index is 13.7. The van der Waals surface area contributed by atoms with Gasteiger partial charge in [-0.05, 0) is 0 Å². The largest absolute Gasteiger partial charge is 0.382 e. The lowest BCUT2D eigenvalue weighted by Gasteiger charge is -2.48. The van der Waals surface area contributed by atoms with Crippen LogP contribution in [0.1, 0.15) is 0 Å². The number of nitrogens with zero attached hydrogens (tertiary/aromatic N) is 6. The molecule has 0 atom stereocenters. The summed E-state index contributed by atoms with van der Waals surface area (Å²) < 4.78 is 20.6. The molecule has 2 aliphatic rings. The van der Waals surface area contributed by atoms with E-state index in [1.807, 2.05) is 0 Å². The molecule has 2 fully saturated rings. The van der Waals surface area contributed by atoms with Gasteiger partial charge in [0.1, 0.15) is 5.69 Å². The van der Waals surface area contributed by atoms with Gasteiger partial charge in [-0.3, -0.25) is 4.90 Å². The molecule has 2 aromatic rings. The van der Waals surface area contributed by atoms with Crippen molar-refractivity contribution in [2.24, 2.45) is 0 Å². The zero-order valence-electron chi connectivity index (χ0n) is 12.6. The van der Waals surface area contributed by atoms with Gasteiger partial charge in [0.25, 0.3) is 0 Å². The van der Waals surface area contributed by atoms with Crippen LogP contribution < -0.4 is 10.6 Å². The van der Waals surface area contributed by atoms with Crippen LogP contribution in [0.15, 0.2) is 18.5 Å². The van der Waals surface area contributed by atoms with Crippen molar-refractivity contribution in [1.29, 1.82) is 0 Å². The number of anilines is 2. The topological polar surface area (TPSA) is 85.3 Å². The summed E-state index contributed by atoms with van der Waals surface area (Å²) in [5, 5.41) is 7.75. The molecule has 122 valence electrons. The predicted molar refractivity (Wildman–Crippen MR) is 81.9 cm³/mol. The predicted octanol–water partition coefficient (Wildman–Crippen LogP) is -0.0956. The molecular weight excluding hydrogens is 301 g/mol. The van der Waals surface area contributed by atoms with Crippen molar-refractivity contribution in [2.75, 3.05) is 50.0 Å². The molecule has 2 aromatic heterocycles. The maximum Gasteiger partial charge on any atom is 0.217 e. The minimum atomic E-state index is -0.587. The van der Waals surface area contributed by atoms with Crippen LogP contribution in [0, 0.1) is 5.95 Å². The van der Waals surface area contributed by atoms with Crippen LogP contribution in [-0.2, 0) is 4.74 Å². The van der Waals surface area contributed by atoms with Gasteiger partial charge in [-0.2, -0.15) is 4.39 Å². The van der Waals surface area contributed by atoms with Crippen LogP contribution in [-0.4, -0.2) is 70.3 Å². The zero-order chi connectivity index (χ0) is 15.8. The Morgan fingerprint density at radius 2 is 2.04 bits per heavy atom. The van der Waals surface area contributed by atoms with Gasteiger partial charge in [0.05, 0.1) is 31.3 Å². The molecule has 0 amide bonds. The number of ether oxygens (including phenoxy) is 1. The van der Waals surface area contributed by atoms with Crippen molar-refractivity contribution in [3.8, 4) is 5.69 Å². The number of rotatable bonds is 3. The fourth-order valence-corrected chi connectivity index (χ4v) is 3.14. The molecule has 0 saturated carbocycles. The van der Waals surface area contributed by atoms with Crippen LogP contribution in [0.5, 0.6) is 0 Å². The van der Waals surface area contributed by atoms with Crippen molar-refractivity contribution >= 4 is 11.5 Å². The van der Waals surface area contributed by atoms with Crippen molar-refractivity contribution in [3.05, 3.63) is 24.4 Å². The molecule has 23 heavy (non-hydrogen) atoms. The SMILES string of the molecule is Nc1nc(F)cc(N2CC(N3CCOCC3)C2)c1-n1ccnn1. The summed E-state index contributed by atoms with van der Waals surface area (Å²) in [6, 6.07) is 1.86. The smallest absolute Gasteiger partial charge is 0.217 e. The summed E-state index contributed by atoms with van der Waals surface area (Å²) in [7, 11) is 0. The number of nitrogen functional groups attached to an aromatic ring is 1. The Balaban J connectivity index is 1.58. The number of morpholine rings is 1. The van der Waals surface area contributed by atoms with E-state index in [1.165, 1.54) is 10.7 Å². The van der Waals surface area contributed by atoms with Crippen molar-refractivity contribution < 1.29 is 9.13 Å². The van der Waals surface area contributed by atoms with E-state index in [2.05, 4.69) is 25.1 Å². The molecule has 0 bridgehead atoms. The lowest BCUT2D eigenvalue weighted by atomic mass is 10.0. The molecule has 0 radical (unpaired) electrons. The minimum Gasteiger partial charge on any atom is -0.382 e.